The first kappa shape index (κ1) is 14.1. The van der Waals surface area contributed by atoms with E-state index in [4.69, 9.17) is 5.11 Å². The molecule has 2 rings (SSSR count). The van der Waals surface area contributed by atoms with E-state index >= 15 is 0 Å². The fourth-order valence-electron chi connectivity index (χ4n) is 1.84. The lowest BCUT2D eigenvalue weighted by molar-refractivity contribution is -0.116. The molecule has 0 atom stereocenters. The molecular weight excluding hydrogens is 254 g/mol. The summed E-state index contributed by atoms with van der Waals surface area (Å²) in [5, 5.41) is 11.7. The average Bonchev–Trinajstić information content (AvgIpc) is 2.47. The Morgan fingerprint density at radius 2 is 1.85 bits per heavy atom. The zero-order valence-electron chi connectivity index (χ0n) is 11.1. The second-order valence-electron chi connectivity index (χ2n) is 4.43. The van der Waals surface area contributed by atoms with Crippen LogP contribution in [-0.4, -0.2) is 27.6 Å². The van der Waals surface area contributed by atoms with Crippen LogP contribution in [0.1, 0.15) is 17.5 Å². The normalized spacial score (nSPS) is 10.2. The van der Waals surface area contributed by atoms with E-state index in [0.717, 1.165) is 11.1 Å². The van der Waals surface area contributed by atoms with Gasteiger partial charge in [0.05, 0.1) is 0 Å². The molecule has 104 valence electrons. The fraction of sp³-hybridized carbons (Fsp3) is 0.267. The summed E-state index contributed by atoms with van der Waals surface area (Å²) in [6, 6.07) is 7.39. The van der Waals surface area contributed by atoms with Crippen molar-refractivity contribution in [2.45, 2.75) is 19.3 Å². The Labute approximate surface area is 117 Å². The van der Waals surface area contributed by atoms with Gasteiger partial charge in [-0.3, -0.25) is 9.78 Å². The summed E-state index contributed by atoms with van der Waals surface area (Å²) in [4.78, 5) is 19.9. The van der Waals surface area contributed by atoms with E-state index in [1.54, 1.807) is 24.7 Å². The van der Waals surface area contributed by atoms with Crippen molar-refractivity contribution in [2.75, 3.05) is 11.9 Å². The molecular formula is C15H17N3O2. The maximum absolute atomic E-state index is 11.8. The number of aliphatic hydroxyl groups excluding tert-OH is 1. The van der Waals surface area contributed by atoms with E-state index in [1.165, 1.54) is 0 Å². The third-order valence-electron chi connectivity index (χ3n) is 2.88. The van der Waals surface area contributed by atoms with Crippen LogP contribution in [0, 0.1) is 0 Å². The number of anilines is 1. The van der Waals surface area contributed by atoms with Gasteiger partial charge in [0, 0.05) is 31.6 Å². The van der Waals surface area contributed by atoms with Gasteiger partial charge in [-0.15, -0.1) is 0 Å². The van der Waals surface area contributed by atoms with Gasteiger partial charge in [0.1, 0.15) is 5.82 Å². The standard InChI is InChI=1S/C15H17N3O2/c19-10-6-13-5-9-17-14(11-13)18-15(20)2-1-12-3-7-16-8-4-12/h3-5,7-9,11,19H,1-2,6,10H2,(H,17,18,20). The number of nitrogens with zero attached hydrogens (tertiary/aromatic N) is 2. The predicted molar refractivity (Wildman–Crippen MR) is 76.2 cm³/mol. The molecule has 0 bridgehead atoms. The monoisotopic (exact) mass is 271 g/mol. The van der Waals surface area contributed by atoms with Crippen molar-refractivity contribution in [3.05, 3.63) is 54.0 Å². The van der Waals surface area contributed by atoms with E-state index in [-0.39, 0.29) is 12.5 Å². The summed E-state index contributed by atoms with van der Waals surface area (Å²) >= 11 is 0. The summed E-state index contributed by atoms with van der Waals surface area (Å²) < 4.78 is 0. The number of nitrogens with one attached hydrogen (secondary N) is 1. The summed E-state index contributed by atoms with van der Waals surface area (Å²) in [7, 11) is 0. The van der Waals surface area contributed by atoms with Gasteiger partial charge in [0.15, 0.2) is 0 Å². The Balaban J connectivity index is 1.86. The summed E-state index contributed by atoms with van der Waals surface area (Å²) in [5.74, 6) is 0.450. The Hall–Kier alpha value is -2.27. The number of aromatic nitrogens is 2. The van der Waals surface area contributed by atoms with Crippen molar-refractivity contribution in [3.8, 4) is 0 Å². The van der Waals surface area contributed by atoms with E-state index < -0.39 is 0 Å². The topological polar surface area (TPSA) is 75.1 Å². The SMILES string of the molecule is O=C(CCc1ccncc1)Nc1cc(CCO)ccn1. The van der Waals surface area contributed by atoms with Crippen molar-refractivity contribution in [1.29, 1.82) is 0 Å². The van der Waals surface area contributed by atoms with Crippen LogP contribution in [0.5, 0.6) is 0 Å². The van der Waals surface area contributed by atoms with E-state index in [0.29, 0.717) is 25.1 Å². The Bertz CT molecular complexity index is 558. The fourth-order valence-corrected chi connectivity index (χ4v) is 1.84. The van der Waals surface area contributed by atoms with Gasteiger partial charge >= 0.3 is 0 Å². The van der Waals surface area contributed by atoms with Crippen molar-refractivity contribution >= 4 is 11.7 Å². The number of hydrogen-bond acceptors (Lipinski definition) is 4. The van der Waals surface area contributed by atoms with Crippen LogP contribution in [0.2, 0.25) is 0 Å². The first-order chi connectivity index (χ1) is 9.78. The molecule has 2 aromatic heterocycles. The van der Waals surface area contributed by atoms with Gasteiger partial charge in [-0.05, 0) is 48.2 Å². The number of rotatable bonds is 6. The van der Waals surface area contributed by atoms with Crippen molar-refractivity contribution < 1.29 is 9.90 Å². The highest BCUT2D eigenvalue weighted by Gasteiger charge is 2.04. The van der Waals surface area contributed by atoms with Gasteiger partial charge in [0.25, 0.3) is 0 Å². The van der Waals surface area contributed by atoms with Crippen molar-refractivity contribution in [2.24, 2.45) is 0 Å². The lowest BCUT2D eigenvalue weighted by Gasteiger charge is -2.06. The minimum absolute atomic E-state index is 0.0736. The zero-order valence-corrected chi connectivity index (χ0v) is 11.1. The van der Waals surface area contributed by atoms with Crippen LogP contribution in [0.3, 0.4) is 0 Å². The minimum atomic E-state index is -0.0736. The minimum Gasteiger partial charge on any atom is -0.396 e. The molecule has 0 aromatic carbocycles. The third kappa shape index (κ3) is 4.44. The summed E-state index contributed by atoms with van der Waals surface area (Å²) in [6.45, 7) is 0.0828. The number of amides is 1. The van der Waals surface area contributed by atoms with Crippen LogP contribution in [0.25, 0.3) is 0 Å². The van der Waals surface area contributed by atoms with Gasteiger partial charge in [-0.25, -0.2) is 4.98 Å². The number of aryl methyl sites for hydroxylation is 1. The van der Waals surface area contributed by atoms with Crippen LogP contribution >= 0.6 is 0 Å². The molecule has 0 unspecified atom stereocenters. The molecule has 0 aliphatic carbocycles. The molecule has 0 aliphatic rings. The first-order valence-corrected chi connectivity index (χ1v) is 6.52. The van der Waals surface area contributed by atoms with Gasteiger partial charge in [0.2, 0.25) is 5.91 Å². The number of carbonyl (C=O) groups is 1. The van der Waals surface area contributed by atoms with E-state index in [9.17, 15) is 4.79 Å². The lowest BCUT2D eigenvalue weighted by Crippen LogP contribution is -2.13. The van der Waals surface area contributed by atoms with E-state index in [2.05, 4.69) is 15.3 Å². The Kier molecular flexibility index (Phi) is 5.20. The molecule has 0 fully saturated rings. The summed E-state index contributed by atoms with van der Waals surface area (Å²) in [6.07, 6.45) is 6.69. The molecule has 0 spiro atoms. The molecule has 1 amide bonds. The van der Waals surface area contributed by atoms with Crippen LogP contribution < -0.4 is 5.32 Å². The van der Waals surface area contributed by atoms with Crippen LogP contribution in [0.4, 0.5) is 5.82 Å². The number of pyridine rings is 2. The molecule has 2 aromatic rings. The highest BCUT2D eigenvalue weighted by molar-refractivity contribution is 5.89. The molecule has 0 aliphatic heterocycles. The second-order valence-corrected chi connectivity index (χ2v) is 4.43. The number of hydrogen-bond donors (Lipinski definition) is 2. The summed E-state index contributed by atoms with van der Waals surface area (Å²) in [5.41, 5.74) is 2.03. The van der Waals surface area contributed by atoms with E-state index in [1.807, 2.05) is 18.2 Å². The second kappa shape index (κ2) is 7.35. The molecule has 5 heteroatoms. The third-order valence-corrected chi connectivity index (χ3v) is 2.88. The van der Waals surface area contributed by atoms with Gasteiger partial charge in [-0.2, -0.15) is 0 Å². The van der Waals surface area contributed by atoms with Crippen LogP contribution in [0.15, 0.2) is 42.9 Å². The zero-order chi connectivity index (χ0) is 14.2. The smallest absolute Gasteiger partial charge is 0.225 e. The quantitative estimate of drug-likeness (QED) is 0.836. The molecule has 0 radical (unpaired) electrons. The molecule has 20 heavy (non-hydrogen) atoms. The van der Waals surface area contributed by atoms with Gasteiger partial charge < -0.3 is 10.4 Å². The molecule has 0 saturated heterocycles. The number of aliphatic hydroxyl groups is 1. The maximum Gasteiger partial charge on any atom is 0.225 e. The molecule has 2 heterocycles. The Morgan fingerprint density at radius 3 is 2.60 bits per heavy atom. The van der Waals surface area contributed by atoms with Gasteiger partial charge in [-0.1, -0.05) is 0 Å². The lowest BCUT2D eigenvalue weighted by atomic mass is 10.1. The molecule has 2 N–H and O–H groups in total. The highest BCUT2D eigenvalue weighted by Crippen LogP contribution is 2.08. The molecule has 5 nitrogen and oxygen atoms in total. The average molecular weight is 271 g/mol. The molecule has 0 saturated carbocycles. The maximum atomic E-state index is 11.8. The first-order valence-electron chi connectivity index (χ1n) is 6.52. The van der Waals surface area contributed by atoms with Crippen molar-refractivity contribution in [3.63, 3.8) is 0 Å². The largest absolute Gasteiger partial charge is 0.396 e. The van der Waals surface area contributed by atoms with Crippen LogP contribution in [-0.2, 0) is 17.6 Å². The highest BCUT2D eigenvalue weighted by atomic mass is 16.3. The van der Waals surface area contributed by atoms with Crippen molar-refractivity contribution in [1.82, 2.24) is 9.97 Å². The predicted octanol–water partition coefficient (Wildman–Crippen LogP) is 1.58. The number of carbonyl (C=O) groups excluding carboxylic acids is 1. The Morgan fingerprint density at radius 1 is 1.10 bits per heavy atom.